The van der Waals surface area contributed by atoms with Gasteiger partial charge in [-0.2, -0.15) is 0 Å². The Morgan fingerprint density at radius 2 is 1.50 bits per heavy atom. The molecule has 1 saturated heterocycles. The van der Waals surface area contributed by atoms with Gasteiger partial charge in [0.05, 0.1) is 32.8 Å². The van der Waals surface area contributed by atoms with E-state index in [9.17, 15) is 5.11 Å². The summed E-state index contributed by atoms with van der Waals surface area (Å²) in [5.41, 5.74) is 1.45. The molecule has 0 aromatic heterocycles. The first-order valence-corrected chi connectivity index (χ1v) is 9.73. The van der Waals surface area contributed by atoms with Crippen LogP contribution < -0.4 is 0 Å². The van der Waals surface area contributed by atoms with E-state index in [-0.39, 0.29) is 5.92 Å². The Balaban J connectivity index is 1.80. The first-order chi connectivity index (χ1) is 12.4. The number of benzene rings is 2. The quantitative estimate of drug-likeness (QED) is 0.807. The minimum absolute atomic E-state index is 0.154. The molecule has 140 valence electrons. The van der Waals surface area contributed by atoms with Gasteiger partial charge in [-0.05, 0) is 24.5 Å². The molecule has 3 nitrogen and oxygen atoms in total. The number of hydrogen-bond donors (Lipinski definition) is 1. The number of aliphatic hydroxyl groups is 1. The van der Waals surface area contributed by atoms with E-state index >= 15 is 0 Å². The lowest BCUT2D eigenvalue weighted by atomic mass is 9.79. The van der Waals surface area contributed by atoms with Gasteiger partial charge in [0, 0.05) is 25.6 Å². The van der Waals surface area contributed by atoms with Crippen LogP contribution in [0.1, 0.15) is 18.1 Å². The summed E-state index contributed by atoms with van der Waals surface area (Å²) in [5, 5.41) is 11.5. The normalized spacial score (nSPS) is 21.1. The van der Waals surface area contributed by atoms with Crippen molar-refractivity contribution in [2.75, 3.05) is 46.8 Å². The number of hydrogen-bond acceptors (Lipinski definition) is 2. The van der Waals surface area contributed by atoms with Crippen LogP contribution in [-0.2, 0) is 12.0 Å². The van der Waals surface area contributed by atoms with Crippen LogP contribution in [0, 0.1) is 5.92 Å². The lowest BCUT2D eigenvalue weighted by molar-refractivity contribution is -0.894. The molecule has 0 amide bonds. The summed E-state index contributed by atoms with van der Waals surface area (Å²) in [6, 6.07) is 20.7. The molecule has 1 N–H and O–H groups in total. The second-order valence-electron chi connectivity index (χ2n) is 8.58. The molecule has 2 aromatic carbocycles. The summed E-state index contributed by atoms with van der Waals surface area (Å²) < 4.78 is 1.09. The highest BCUT2D eigenvalue weighted by molar-refractivity contribution is 5.24. The van der Waals surface area contributed by atoms with Crippen LogP contribution in [0.2, 0.25) is 0 Å². The van der Waals surface area contributed by atoms with Crippen molar-refractivity contribution in [2.24, 2.45) is 5.92 Å². The summed E-state index contributed by atoms with van der Waals surface area (Å²) in [6.07, 6.45) is 0.886. The number of piperazine rings is 1. The van der Waals surface area contributed by atoms with E-state index in [2.05, 4.69) is 49.3 Å². The predicted molar refractivity (Wildman–Crippen MR) is 108 cm³/mol. The van der Waals surface area contributed by atoms with Crippen molar-refractivity contribution < 1.29 is 9.59 Å². The fourth-order valence-electron chi connectivity index (χ4n) is 3.89. The lowest BCUT2D eigenvalue weighted by Crippen LogP contribution is -2.56. The maximum absolute atomic E-state index is 11.5. The summed E-state index contributed by atoms with van der Waals surface area (Å²) in [6.45, 7) is 7.46. The molecule has 3 heteroatoms. The number of nitrogens with zero attached hydrogens (tertiary/aromatic N) is 2. The molecule has 2 aromatic rings. The van der Waals surface area contributed by atoms with Crippen molar-refractivity contribution in [1.82, 2.24) is 4.90 Å². The van der Waals surface area contributed by atoms with Crippen molar-refractivity contribution in [3.63, 3.8) is 0 Å². The van der Waals surface area contributed by atoms with Crippen LogP contribution in [0.4, 0.5) is 0 Å². The first kappa shape index (κ1) is 19.1. The molecule has 3 rings (SSSR count). The Morgan fingerprint density at radius 3 is 2.08 bits per heavy atom. The van der Waals surface area contributed by atoms with Gasteiger partial charge in [0.15, 0.2) is 0 Å². The highest BCUT2D eigenvalue weighted by Gasteiger charge is 2.36. The average Bonchev–Trinajstić information content (AvgIpc) is 2.64. The third-order valence-corrected chi connectivity index (χ3v) is 6.00. The second-order valence-corrected chi connectivity index (χ2v) is 8.58. The van der Waals surface area contributed by atoms with Crippen molar-refractivity contribution in [3.8, 4) is 0 Å². The zero-order valence-corrected chi connectivity index (χ0v) is 16.4. The number of likely N-dealkylation sites (N-methyl/N-ethyl adjacent to an activating group) is 1. The molecule has 0 saturated carbocycles. The molecule has 2 unspecified atom stereocenters. The van der Waals surface area contributed by atoms with Crippen molar-refractivity contribution in [1.29, 1.82) is 0 Å². The summed E-state index contributed by atoms with van der Waals surface area (Å²) in [4.78, 5) is 2.54. The molecule has 0 radical (unpaired) electrons. The van der Waals surface area contributed by atoms with Crippen LogP contribution in [0.5, 0.6) is 0 Å². The van der Waals surface area contributed by atoms with Gasteiger partial charge in [-0.25, -0.2) is 0 Å². The molecule has 26 heavy (non-hydrogen) atoms. The van der Waals surface area contributed by atoms with Crippen LogP contribution in [0.25, 0.3) is 0 Å². The topological polar surface area (TPSA) is 23.5 Å². The van der Waals surface area contributed by atoms with E-state index in [1.165, 1.54) is 18.7 Å². The van der Waals surface area contributed by atoms with Gasteiger partial charge in [-0.3, -0.25) is 4.90 Å². The molecule has 0 spiro atoms. The van der Waals surface area contributed by atoms with Gasteiger partial charge < -0.3 is 9.59 Å². The Morgan fingerprint density at radius 1 is 0.962 bits per heavy atom. The standard InChI is InChI=1S/C23H33N2O/c1-23(26,21-12-8-5-9-13-21)22(18-20-10-6-4-7-11-20)19-24-14-16-25(2,3)17-15-24/h4-13,22,26H,14-19H2,1-3H3/q+1. The summed E-state index contributed by atoms with van der Waals surface area (Å²) >= 11 is 0. The van der Waals surface area contributed by atoms with Crippen molar-refractivity contribution in [2.45, 2.75) is 18.9 Å². The van der Waals surface area contributed by atoms with Crippen LogP contribution in [0.3, 0.4) is 0 Å². The Labute approximate surface area is 158 Å². The first-order valence-electron chi connectivity index (χ1n) is 9.73. The van der Waals surface area contributed by atoms with E-state index in [4.69, 9.17) is 0 Å². The van der Waals surface area contributed by atoms with E-state index in [1.54, 1.807) is 0 Å². The lowest BCUT2D eigenvalue weighted by Gasteiger charge is -2.42. The molecular formula is C23H33N2O+. The Hall–Kier alpha value is -1.68. The van der Waals surface area contributed by atoms with Gasteiger partial charge in [0.1, 0.15) is 0 Å². The number of rotatable bonds is 6. The Kier molecular flexibility index (Phi) is 5.81. The van der Waals surface area contributed by atoms with E-state index in [0.717, 1.165) is 36.1 Å². The maximum atomic E-state index is 11.5. The highest BCUT2D eigenvalue weighted by atomic mass is 16.3. The minimum Gasteiger partial charge on any atom is -0.385 e. The fraction of sp³-hybridized carbons (Fsp3) is 0.478. The number of quaternary nitrogens is 1. The third kappa shape index (κ3) is 4.73. The third-order valence-electron chi connectivity index (χ3n) is 6.00. The van der Waals surface area contributed by atoms with Crippen molar-refractivity contribution in [3.05, 3.63) is 71.8 Å². The van der Waals surface area contributed by atoms with Gasteiger partial charge in [0.25, 0.3) is 0 Å². The molecular weight excluding hydrogens is 320 g/mol. The molecule has 1 aliphatic rings. The zero-order valence-electron chi connectivity index (χ0n) is 16.4. The maximum Gasteiger partial charge on any atom is 0.0912 e. The molecule has 0 bridgehead atoms. The van der Waals surface area contributed by atoms with E-state index < -0.39 is 5.60 Å². The smallest absolute Gasteiger partial charge is 0.0912 e. The molecule has 1 fully saturated rings. The predicted octanol–water partition coefficient (Wildman–Crippen LogP) is 3.15. The van der Waals surface area contributed by atoms with Crippen LogP contribution in [-0.4, -0.2) is 61.3 Å². The largest absolute Gasteiger partial charge is 0.385 e. The molecule has 2 atom stereocenters. The average molecular weight is 354 g/mol. The van der Waals surface area contributed by atoms with E-state index in [0.29, 0.717) is 0 Å². The SMILES string of the molecule is CC(O)(c1ccccc1)C(Cc1ccccc1)CN1CC[N+](C)(C)CC1. The zero-order chi connectivity index (χ0) is 18.6. The second kappa shape index (κ2) is 7.91. The summed E-state index contributed by atoms with van der Waals surface area (Å²) in [5.74, 6) is 0.154. The highest BCUT2D eigenvalue weighted by Crippen LogP contribution is 2.33. The van der Waals surface area contributed by atoms with Crippen LogP contribution >= 0.6 is 0 Å². The van der Waals surface area contributed by atoms with Gasteiger partial charge in [-0.1, -0.05) is 60.7 Å². The fourth-order valence-corrected chi connectivity index (χ4v) is 3.89. The van der Waals surface area contributed by atoms with Crippen molar-refractivity contribution >= 4 is 0 Å². The molecule has 1 aliphatic heterocycles. The summed E-state index contributed by atoms with van der Waals surface area (Å²) in [7, 11) is 4.61. The molecule has 1 heterocycles. The van der Waals surface area contributed by atoms with Crippen LogP contribution in [0.15, 0.2) is 60.7 Å². The van der Waals surface area contributed by atoms with Gasteiger partial charge >= 0.3 is 0 Å². The van der Waals surface area contributed by atoms with Gasteiger partial charge in [-0.15, -0.1) is 0 Å². The Bertz CT molecular complexity index is 672. The van der Waals surface area contributed by atoms with Gasteiger partial charge in [0.2, 0.25) is 0 Å². The monoisotopic (exact) mass is 353 g/mol. The van der Waals surface area contributed by atoms with E-state index in [1.807, 2.05) is 37.3 Å². The molecule has 0 aliphatic carbocycles. The minimum atomic E-state index is -0.848.